The van der Waals surface area contributed by atoms with Gasteiger partial charge in [-0.25, -0.2) is 0 Å². The van der Waals surface area contributed by atoms with Crippen molar-refractivity contribution in [1.82, 2.24) is 0 Å². The van der Waals surface area contributed by atoms with Crippen molar-refractivity contribution in [2.24, 2.45) is 0 Å². The first-order valence-electron chi connectivity index (χ1n) is 5.72. The van der Waals surface area contributed by atoms with Crippen LogP contribution in [0.25, 0.3) is 6.08 Å². The topological polar surface area (TPSA) is 26.3 Å². The molecule has 0 saturated carbocycles. The molecule has 0 unspecified atom stereocenters. The number of aryl methyl sites for hydroxylation is 1. The molecule has 0 aliphatic rings. The van der Waals surface area contributed by atoms with E-state index < -0.39 is 17.5 Å². The number of ether oxygens (including phenoxy) is 1. The van der Waals surface area contributed by atoms with Crippen LogP contribution in [0.15, 0.2) is 18.7 Å². The fraction of sp³-hybridized carbons (Fsp3) is 0.357. The van der Waals surface area contributed by atoms with Crippen molar-refractivity contribution < 1.29 is 22.7 Å². The molecule has 2 nitrogen and oxygen atoms in total. The van der Waals surface area contributed by atoms with Gasteiger partial charge in [0.2, 0.25) is 0 Å². The zero-order valence-corrected chi connectivity index (χ0v) is 11.0. The molecule has 1 aromatic carbocycles. The minimum Gasteiger partial charge on any atom is -0.490 e. The van der Waals surface area contributed by atoms with Crippen LogP contribution in [0, 0.1) is 6.92 Å². The second kappa shape index (κ2) is 5.47. The zero-order chi connectivity index (χ0) is 14.8. The molecule has 0 amide bonds. The molecule has 5 heteroatoms. The predicted octanol–water partition coefficient (Wildman–Crippen LogP) is 4.17. The van der Waals surface area contributed by atoms with Gasteiger partial charge in [0.25, 0.3) is 5.78 Å². The summed E-state index contributed by atoms with van der Waals surface area (Å²) in [5, 5.41) is 0. The summed E-state index contributed by atoms with van der Waals surface area (Å²) in [6.07, 6.45) is -3.63. The Kier molecular flexibility index (Phi) is 4.39. The van der Waals surface area contributed by atoms with Crippen LogP contribution in [-0.4, -0.2) is 18.1 Å². The highest BCUT2D eigenvalue weighted by molar-refractivity contribution is 6.01. The summed E-state index contributed by atoms with van der Waals surface area (Å²) in [5.74, 6) is -1.42. The van der Waals surface area contributed by atoms with E-state index in [0.717, 1.165) is 6.07 Å². The third kappa shape index (κ3) is 3.59. The maximum atomic E-state index is 12.4. The lowest BCUT2D eigenvalue weighted by Gasteiger charge is -2.16. The van der Waals surface area contributed by atoms with Crippen LogP contribution in [-0.2, 0) is 0 Å². The summed E-state index contributed by atoms with van der Waals surface area (Å²) in [4.78, 5) is 11.2. The number of halogens is 3. The van der Waals surface area contributed by atoms with Crippen molar-refractivity contribution >= 4 is 11.9 Å². The number of hydrogen-bond acceptors (Lipinski definition) is 2. The predicted molar refractivity (Wildman–Crippen MR) is 67.4 cm³/mol. The van der Waals surface area contributed by atoms with Crippen LogP contribution in [0.4, 0.5) is 13.2 Å². The van der Waals surface area contributed by atoms with E-state index in [1.807, 2.05) is 0 Å². The van der Waals surface area contributed by atoms with Gasteiger partial charge in [0.1, 0.15) is 5.75 Å². The lowest BCUT2D eigenvalue weighted by atomic mass is 10.0. The van der Waals surface area contributed by atoms with E-state index in [9.17, 15) is 18.0 Å². The maximum absolute atomic E-state index is 12.4. The number of hydrogen-bond donors (Lipinski definition) is 0. The Hall–Kier alpha value is -1.78. The molecular formula is C14H15F3O2. The maximum Gasteiger partial charge on any atom is 0.454 e. The van der Waals surface area contributed by atoms with Crippen molar-refractivity contribution in [2.45, 2.75) is 33.1 Å². The van der Waals surface area contributed by atoms with E-state index in [4.69, 9.17) is 4.74 Å². The summed E-state index contributed by atoms with van der Waals surface area (Å²) >= 11 is 0. The lowest BCUT2D eigenvalue weighted by molar-refractivity contribution is -0.0885. The summed E-state index contributed by atoms with van der Waals surface area (Å²) in [6, 6.07) is 2.33. The van der Waals surface area contributed by atoms with Gasteiger partial charge in [0.05, 0.1) is 6.10 Å². The second-order valence-electron chi connectivity index (χ2n) is 4.41. The van der Waals surface area contributed by atoms with Gasteiger partial charge >= 0.3 is 6.18 Å². The van der Waals surface area contributed by atoms with Crippen LogP contribution in [0.2, 0.25) is 0 Å². The molecule has 0 saturated heterocycles. The molecule has 0 bridgehead atoms. The molecule has 0 aromatic heterocycles. The third-order valence-electron chi connectivity index (χ3n) is 2.40. The number of benzene rings is 1. The van der Waals surface area contributed by atoms with Crippen LogP contribution in [0.3, 0.4) is 0 Å². The van der Waals surface area contributed by atoms with Crippen molar-refractivity contribution in [1.29, 1.82) is 0 Å². The second-order valence-corrected chi connectivity index (χ2v) is 4.41. The van der Waals surface area contributed by atoms with Gasteiger partial charge in [-0.15, -0.1) is 0 Å². The molecule has 0 heterocycles. The van der Waals surface area contributed by atoms with Crippen LogP contribution in [0.5, 0.6) is 5.75 Å². The number of rotatable bonds is 4. The average molecular weight is 272 g/mol. The van der Waals surface area contributed by atoms with Crippen LogP contribution >= 0.6 is 0 Å². The molecular weight excluding hydrogens is 257 g/mol. The summed E-state index contributed by atoms with van der Waals surface area (Å²) in [7, 11) is 0. The van der Waals surface area contributed by atoms with Gasteiger partial charge in [0, 0.05) is 11.1 Å². The fourth-order valence-electron chi connectivity index (χ4n) is 1.64. The highest BCUT2D eigenvalue weighted by Crippen LogP contribution is 2.30. The molecule has 0 aliphatic heterocycles. The molecule has 104 valence electrons. The molecule has 0 N–H and O–H groups in total. The SMILES string of the molecule is C=Cc1cc(C(=O)C(F)(F)F)cc(C)c1OC(C)C. The largest absolute Gasteiger partial charge is 0.490 e. The highest BCUT2D eigenvalue weighted by Gasteiger charge is 2.39. The molecule has 0 atom stereocenters. The average Bonchev–Trinajstić information content (AvgIpc) is 2.28. The molecule has 0 radical (unpaired) electrons. The molecule has 0 fully saturated rings. The van der Waals surface area contributed by atoms with E-state index in [1.165, 1.54) is 12.1 Å². The fourth-order valence-corrected chi connectivity index (χ4v) is 1.64. The summed E-state index contributed by atoms with van der Waals surface area (Å²) in [5.41, 5.74) is 0.441. The van der Waals surface area contributed by atoms with E-state index in [1.54, 1.807) is 20.8 Å². The number of Topliss-reactive ketones (excluding diaryl/α,β-unsaturated/α-hetero) is 1. The van der Waals surface area contributed by atoms with E-state index in [-0.39, 0.29) is 6.10 Å². The van der Waals surface area contributed by atoms with E-state index in [2.05, 4.69) is 6.58 Å². The molecule has 0 spiro atoms. The summed E-state index contributed by atoms with van der Waals surface area (Å²) < 4.78 is 42.7. The Morgan fingerprint density at radius 3 is 2.37 bits per heavy atom. The van der Waals surface area contributed by atoms with Gasteiger partial charge in [-0.05, 0) is 38.5 Å². The van der Waals surface area contributed by atoms with Gasteiger partial charge in [-0.1, -0.05) is 12.7 Å². The van der Waals surface area contributed by atoms with Crippen molar-refractivity contribution in [3.05, 3.63) is 35.4 Å². The number of alkyl halides is 3. The zero-order valence-electron chi connectivity index (χ0n) is 11.0. The first-order valence-corrected chi connectivity index (χ1v) is 5.72. The molecule has 1 aromatic rings. The number of carbonyl (C=O) groups excluding carboxylic acids is 1. The van der Waals surface area contributed by atoms with Gasteiger partial charge in [0.15, 0.2) is 0 Å². The third-order valence-corrected chi connectivity index (χ3v) is 2.40. The summed E-state index contributed by atoms with van der Waals surface area (Å²) in [6.45, 7) is 8.74. The van der Waals surface area contributed by atoms with Gasteiger partial charge in [-0.2, -0.15) is 13.2 Å². The Labute approximate surface area is 109 Å². The van der Waals surface area contributed by atoms with Gasteiger partial charge < -0.3 is 4.74 Å². The first kappa shape index (κ1) is 15.3. The molecule has 0 aliphatic carbocycles. The number of ketones is 1. The minimum absolute atomic E-state index is 0.124. The Balaban J connectivity index is 3.31. The normalized spacial score (nSPS) is 11.5. The van der Waals surface area contributed by atoms with E-state index in [0.29, 0.717) is 16.9 Å². The first-order chi connectivity index (χ1) is 8.66. The van der Waals surface area contributed by atoms with Gasteiger partial charge in [-0.3, -0.25) is 4.79 Å². The Bertz CT molecular complexity index is 502. The number of carbonyl (C=O) groups is 1. The smallest absolute Gasteiger partial charge is 0.454 e. The molecule has 19 heavy (non-hydrogen) atoms. The standard InChI is InChI=1S/C14H15F3O2/c1-5-10-7-11(13(18)14(15,16)17)6-9(4)12(10)19-8(2)3/h5-8H,1H2,2-4H3. The Morgan fingerprint density at radius 2 is 1.95 bits per heavy atom. The molecule has 1 rings (SSSR count). The lowest BCUT2D eigenvalue weighted by Crippen LogP contribution is -2.23. The Morgan fingerprint density at radius 1 is 1.37 bits per heavy atom. The monoisotopic (exact) mass is 272 g/mol. The quantitative estimate of drug-likeness (QED) is 0.769. The van der Waals surface area contributed by atoms with Crippen LogP contribution < -0.4 is 4.74 Å². The van der Waals surface area contributed by atoms with Crippen molar-refractivity contribution in [3.8, 4) is 5.75 Å². The van der Waals surface area contributed by atoms with Crippen molar-refractivity contribution in [2.75, 3.05) is 0 Å². The van der Waals surface area contributed by atoms with Crippen molar-refractivity contribution in [3.63, 3.8) is 0 Å². The highest BCUT2D eigenvalue weighted by atomic mass is 19.4. The van der Waals surface area contributed by atoms with E-state index >= 15 is 0 Å². The minimum atomic E-state index is -4.88. The van der Waals surface area contributed by atoms with Crippen LogP contribution in [0.1, 0.15) is 35.3 Å².